The van der Waals surface area contributed by atoms with Crippen LogP contribution in [0.1, 0.15) is 11.3 Å². The molecule has 27 heavy (non-hydrogen) atoms. The van der Waals surface area contributed by atoms with Crippen LogP contribution in [0.5, 0.6) is 0 Å². The summed E-state index contributed by atoms with van der Waals surface area (Å²) in [4.78, 5) is 34.4. The normalized spacial score (nSPS) is 11.0. The van der Waals surface area contributed by atoms with Gasteiger partial charge in [0.1, 0.15) is 0 Å². The quantitative estimate of drug-likeness (QED) is 0.506. The fraction of sp³-hybridized carbons (Fsp3) is 0.100. The van der Waals surface area contributed by atoms with Gasteiger partial charge in [0.15, 0.2) is 5.52 Å². The topological polar surface area (TPSA) is 69.8 Å². The van der Waals surface area contributed by atoms with Crippen molar-refractivity contribution in [2.75, 3.05) is 0 Å². The summed E-state index contributed by atoms with van der Waals surface area (Å²) in [7, 11) is 0. The summed E-state index contributed by atoms with van der Waals surface area (Å²) in [5.74, 6) is 0. The summed E-state index contributed by atoms with van der Waals surface area (Å²) in [5, 5.41) is 0. The Morgan fingerprint density at radius 2 is 1.59 bits per heavy atom. The molecule has 1 aromatic carbocycles. The molecule has 0 unspecified atom stereocenters. The number of pyridine rings is 2. The molecule has 3 heterocycles. The van der Waals surface area contributed by atoms with Crippen LogP contribution in [0.15, 0.2) is 81.1 Å². The van der Waals surface area contributed by atoms with E-state index in [4.69, 9.17) is 0 Å². The molecule has 0 saturated heterocycles. The monoisotopic (exact) mass is 422 g/mol. The fourth-order valence-corrected chi connectivity index (χ4v) is 3.23. The van der Waals surface area contributed by atoms with E-state index < -0.39 is 5.56 Å². The van der Waals surface area contributed by atoms with Crippen molar-refractivity contribution in [3.8, 4) is 0 Å². The van der Waals surface area contributed by atoms with Gasteiger partial charge >= 0.3 is 5.69 Å². The summed E-state index contributed by atoms with van der Waals surface area (Å²) in [6, 6.07) is 16.6. The van der Waals surface area contributed by atoms with Crippen LogP contribution in [0.2, 0.25) is 0 Å². The van der Waals surface area contributed by atoms with Crippen LogP contribution >= 0.6 is 15.9 Å². The van der Waals surface area contributed by atoms with Crippen molar-refractivity contribution in [2.45, 2.75) is 13.1 Å². The molecular weight excluding hydrogens is 408 g/mol. The molecule has 6 nitrogen and oxygen atoms in total. The average molecular weight is 423 g/mol. The van der Waals surface area contributed by atoms with Gasteiger partial charge in [-0.15, -0.1) is 0 Å². The highest BCUT2D eigenvalue weighted by molar-refractivity contribution is 9.10. The van der Waals surface area contributed by atoms with Gasteiger partial charge < -0.3 is 0 Å². The van der Waals surface area contributed by atoms with Crippen LogP contribution in [0.3, 0.4) is 0 Å². The van der Waals surface area contributed by atoms with Crippen molar-refractivity contribution in [1.82, 2.24) is 19.1 Å². The summed E-state index contributed by atoms with van der Waals surface area (Å²) < 4.78 is 3.73. The molecule has 0 bridgehead atoms. The molecule has 0 spiro atoms. The Hall–Kier alpha value is -3.06. The van der Waals surface area contributed by atoms with E-state index in [0.717, 1.165) is 10.0 Å². The predicted octanol–water partition coefficient (Wildman–Crippen LogP) is 2.81. The van der Waals surface area contributed by atoms with Gasteiger partial charge in [-0.1, -0.05) is 34.1 Å². The van der Waals surface area contributed by atoms with Crippen LogP contribution in [0, 0.1) is 0 Å². The Morgan fingerprint density at radius 1 is 0.815 bits per heavy atom. The largest absolute Gasteiger partial charge is 0.332 e. The molecule has 0 aliphatic heterocycles. The van der Waals surface area contributed by atoms with Crippen LogP contribution < -0.4 is 11.2 Å². The zero-order valence-electron chi connectivity index (χ0n) is 14.2. The first kappa shape index (κ1) is 17.4. The SMILES string of the molecule is O=c1c2ncccc2n(Cc2ccc(Br)cc2)c(=O)n1Cc1ccccn1. The van der Waals surface area contributed by atoms with Crippen molar-refractivity contribution in [2.24, 2.45) is 0 Å². The summed E-state index contributed by atoms with van der Waals surface area (Å²) in [6.07, 6.45) is 3.20. The standard InChI is InChI=1S/C20H15BrN4O2/c21-15-8-6-14(7-9-15)12-24-17-5-3-11-23-18(17)19(26)25(20(24)27)13-16-4-1-2-10-22-16/h1-11H,12-13H2. The highest BCUT2D eigenvalue weighted by atomic mass is 79.9. The lowest BCUT2D eigenvalue weighted by Gasteiger charge is -2.13. The Bertz CT molecular complexity index is 1210. The molecule has 134 valence electrons. The minimum Gasteiger partial charge on any atom is -0.287 e. The third-order valence-electron chi connectivity index (χ3n) is 4.29. The third kappa shape index (κ3) is 3.46. The number of aromatic nitrogens is 4. The van der Waals surface area contributed by atoms with Gasteiger partial charge in [-0.3, -0.25) is 18.9 Å². The van der Waals surface area contributed by atoms with E-state index in [9.17, 15) is 9.59 Å². The number of hydrogen-bond donors (Lipinski definition) is 0. The Labute approximate surface area is 162 Å². The van der Waals surface area contributed by atoms with Crippen molar-refractivity contribution in [1.29, 1.82) is 0 Å². The second-order valence-corrected chi connectivity index (χ2v) is 6.99. The van der Waals surface area contributed by atoms with E-state index in [-0.39, 0.29) is 17.8 Å². The summed E-state index contributed by atoms with van der Waals surface area (Å²) >= 11 is 3.41. The van der Waals surface area contributed by atoms with E-state index in [1.165, 1.54) is 4.57 Å². The van der Waals surface area contributed by atoms with Gasteiger partial charge in [0.05, 0.1) is 24.3 Å². The summed E-state index contributed by atoms with van der Waals surface area (Å²) in [6.45, 7) is 0.447. The number of nitrogens with zero attached hydrogens (tertiary/aromatic N) is 4. The number of benzene rings is 1. The van der Waals surface area contributed by atoms with Crippen molar-refractivity contribution in [3.63, 3.8) is 0 Å². The van der Waals surface area contributed by atoms with Gasteiger partial charge in [-0.05, 0) is 42.0 Å². The lowest BCUT2D eigenvalue weighted by Crippen LogP contribution is -2.41. The molecule has 0 saturated carbocycles. The minimum atomic E-state index is -0.409. The molecule has 0 fully saturated rings. The maximum absolute atomic E-state index is 13.1. The molecule has 7 heteroatoms. The van der Waals surface area contributed by atoms with Crippen LogP contribution in [0.25, 0.3) is 11.0 Å². The van der Waals surface area contributed by atoms with Crippen LogP contribution in [-0.2, 0) is 13.1 Å². The molecule has 0 amide bonds. The molecule has 0 aliphatic rings. The molecule has 0 N–H and O–H groups in total. The molecule has 3 aromatic heterocycles. The van der Waals surface area contributed by atoms with Crippen LogP contribution in [0.4, 0.5) is 0 Å². The van der Waals surface area contributed by atoms with Crippen molar-refractivity contribution < 1.29 is 0 Å². The van der Waals surface area contributed by atoms with E-state index >= 15 is 0 Å². The van der Waals surface area contributed by atoms with E-state index in [2.05, 4.69) is 25.9 Å². The van der Waals surface area contributed by atoms with E-state index in [1.54, 1.807) is 41.2 Å². The van der Waals surface area contributed by atoms with Gasteiger partial charge in [-0.25, -0.2) is 9.78 Å². The molecule has 4 rings (SSSR count). The predicted molar refractivity (Wildman–Crippen MR) is 107 cm³/mol. The first-order valence-electron chi connectivity index (χ1n) is 8.36. The smallest absolute Gasteiger partial charge is 0.287 e. The number of fused-ring (bicyclic) bond motifs is 1. The lowest BCUT2D eigenvalue weighted by molar-refractivity contribution is 0.626. The number of halogens is 1. The maximum Gasteiger partial charge on any atom is 0.332 e. The molecule has 0 aliphatic carbocycles. The highest BCUT2D eigenvalue weighted by Gasteiger charge is 2.15. The first-order chi connectivity index (χ1) is 13.1. The van der Waals surface area contributed by atoms with Gasteiger partial charge in [0, 0.05) is 16.9 Å². The van der Waals surface area contributed by atoms with Gasteiger partial charge in [-0.2, -0.15) is 0 Å². The molecule has 4 aromatic rings. The maximum atomic E-state index is 13.1. The van der Waals surface area contributed by atoms with Crippen LogP contribution in [-0.4, -0.2) is 19.1 Å². The second kappa shape index (κ2) is 7.28. The third-order valence-corrected chi connectivity index (χ3v) is 4.82. The highest BCUT2D eigenvalue weighted by Crippen LogP contribution is 2.13. The van der Waals surface area contributed by atoms with Crippen molar-refractivity contribution >= 4 is 27.0 Å². The molecular formula is C20H15BrN4O2. The fourth-order valence-electron chi connectivity index (χ4n) is 2.96. The second-order valence-electron chi connectivity index (χ2n) is 6.08. The average Bonchev–Trinajstić information content (AvgIpc) is 2.71. The number of hydrogen-bond acceptors (Lipinski definition) is 4. The summed E-state index contributed by atoms with van der Waals surface area (Å²) in [5.41, 5.74) is 1.59. The number of rotatable bonds is 4. The van der Waals surface area contributed by atoms with E-state index in [0.29, 0.717) is 17.8 Å². The van der Waals surface area contributed by atoms with E-state index in [1.807, 2.05) is 30.3 Å². The zero-order valence-corrected chi connectivity index (χ0v) is 15.8. The molecule has 0 atom stereocenters. The Kier molecular flexibility index (Phi) is 4.68. The molecule has 0 radical (unpaired) electrons. The Balaban J connectivity index is 1.90. The van der Waals surface area contributed by atoms with Gasteiger partial charge in [0.2, 0.25) is 0 Å². The van der Waals surface area contributed by atoms with Gasteiger partial charge in [0.25, 0.3) is 5.56 Å². The Morgan fingerprint density at radius 3 is 2.33 bits per heavy atom. The minimum absolute atomic E-state index is 0.103. The lowest BCUT2D eigenvalue weighted by atomic mass is 10.2. The van der Waals surface area contributed by atoms with Crippen molar-refractivity contribution in [3.05, 3.63) is 104 Å². The zero-order chi connectivity index (χ0) is 18.8. The first-order valence-corrected chi connectivity index (χ1v) is 9.15.